The van der Waals surface area contributed by atoms with E-state index < -0.39 is 46.5 Å². The van der Waals surface area contributed by atoms with Gasteiger partial charge in [-0.25, -0.2) is 19.2 Å². The maximum atomic E-state index is 13.3. The van der Waals surface area contributed by atoms with Crippen molar-refractivity contribution in [3.8, 4) is 11.5 Å². The monoisotopic (exact) mass is 786 g/mol. The smallest absolute Gasteiger partial charge is 0.423 e. The standard InChI is InChI=1S/C34H40Cl6O8/c1-9-11-33(7,17(3)4)15-45-29(41)23-25(39)19(35)13-21(37)27(23)47-31(43)32(44)48-28-22(38)14-20(36)26(40)24(28)30(42)46-16-34(8,12-10-2)18(5)6/h13-14,17-18H,9-12,15-16H2,1-8H3. The lowest BCUT2D eigenvalue weighted by molar-refractivity contribution is -0.156. The molecule has 0 radical (unpaired) electrons. The molecule has 0 aliphatic heterocycles. The Bertz CT molecular complexity index is 1430. The van der Waals surface area contributed by atoms with E-state index in [1.807, 2.05) is 55.4 Å². The van der Waals surface area contributed by atoms with Gasteiger partial charge < -0.3 is 18.9 Å². The van der Waals surface area contributed by atoms with Crippen LogP contribution in [0.2, 0.25) is 30.1 Å². The largest absolute Gasteiger partial charge is 0.461 e. The fourth-order valence-electron chi connectivity index (χ4n) is 4.79. The van der Waals surface area contributed by atoms with Crippen LogP contribution < -0.4 is 9.47 Å². The van der Waals surface area contributed by atoms with E-state index in [9.17, 15) is 19.2 Å². The third-order valence-corrected chi connectivity index (χ3v) is 10.8. The van der Waals surface area contributed by atoms with Gasteiger partial charge in [-0.2, -0.15) is 0 Å². The molecule has 0 bridgehead atoms. The molecular formula is C34H40Cl6O8. The summed E-state index contributed by atoms with van der Waals surface area (Å²) in [5.74, 6) is -6.16. The van der Waals surface area contributed by atoms with Crippen LogP contribution in [0.5, 0.6) is 11.5 Å². The highest BCUT2D eigenvalue weighted by Gasteiger charge is 2.35. The van der Waals surface area contributed by atoms with Crippen molar-refractivity contribution in [1.82, 2.24) is 0 Å². The average molecular weight is 789 g/mol. The molecule has 0 aromatic heterocycles. The first kappa shape index (κ1) is 42.2. The minimum atomic E-state index is -1.65. The lowest BCUT2D eigenvalue weighted by Gasteiger charge is -2.33. The van der Waals surface area contributed by atoms with Gasteiger partial charge in [-0.3, -0.25) is 0 Å². The SMILES string of the molecule is CCCC(C)(COC(=O)c1c(Cl)c(Cl)cc(Cl)c1OC(=O)C(=O)Oc1c(Cl)cc(Cl)c(Cl)c1C(=O)OCC(C)(CCC)C(C)C)C(C)C. The van der Waals surface area contributed by atoms with Crippen LogP contribution in [0.3, 0.4) is 0 Å². The molecule has 2 rings (SSSR count). The van der Waals surface area contributed by atoms with Crippen molar-refractivity contribution < 1.29 is 38.1 Å². The number of carbonyl (C=O) groups is 4. The summed E-state index contributed by atoms with van der Waals surface area (Å²) in [4.78, 5) is 52.8. The predicted molar refractivity (Wildman–Crippen MR) is 190 cm³/mol. The van der Waals surface area contributed by atoms with E-state index in [1.54, 1.807) is 0 Å². The Balaban J connectivity index is 2.43. The topological polar surface area (TPSA) is 105 Å². The Labute approximate surface area is 311 Å². The van der Waals surface area contributed by atoms with Crippen LogP contribution in [0.25, 0.3) is 0 Å². The second kappa shape index (κ2) is 17.8. The van der Waals surface area contributed by atoms with Gasteiger partial charge in [-0.15, -0.1) is 0 Å². The van der Waals surface area contributed by atoms with E-state index >= 15 is 0 Å². The summed E-state index contributed by atoms with van der Waals surface area (Å²) >= 11 is 37.6. The van der Waals surface area contributed by atoms with Crippen LogP contribution in [-0.4, -0.2) is 37.1 Å². The van der Waals surface area contributed by atoms with Crippen LogP contribution in [0, 0.1) is 22.7 Å². The first-order chi connectivity index (χ1) is 22.2. The summed E-state index contributed by atoms with van der Waals surface area (Å²) < 4.78 is 21.6. The lowest BCUT2D eigenvalue weighted by Crippen LogP contribution is -2.31. The normalized spacial score (nSPS) is 13.9. The number of halogens is 6. The maximum absolute atomic E-state index is 13.3. The van der Waals surface area contributed by atoms with Gasteiger partial charge in [-0.05, 0) is 36.8 Å². The van der Waals surface area contributed by atoms with Crippen LogP contribution in [-0.2, 0) is 19.1 Å². The number of rotatable bonds is 14. The molecule has 0 saturated carbocycles. The Morgan fingerprint density at radius 1 is 0.604 bits per heavy atom. The van der Waals surface area contributed by atoms with Gasteiger partial charge in [0.2, 0.25) is 0 Å². The zero-order valence-electron chi connectivity index (χ0n) is 28.1. The van der Waals surface area contributed by atoms with Crippen molar-refractivity contribution in [2.24, 2.45) is 22.7 Å². The second-order valence-electron chi connectivity index (χ2n) is 12.8. The van der Waals surface area contributed by atoms with Crippen LogP contribution in [0.15, 0.2) is 12.1 Å². The van der Waals surface area contributed by atoms with E-state index in [0.717, 1.165) is 37.8 Å². The molecule has 0 N–H and O–H groups in total. The first-order valence-electron chi connectivity index (χ1n) is 15.4. The Kier molecular flexibility index (Phi) is 15.7. The van der Waals surface area contributed by atoms with E-state index in [0.29, 0.717) is 0 Å². The first-order valence-corrected chi connectivity index (χ1v) is 17.6. The molecule has 0 aliphatic carbocycles. The van der Waals surface area contributed by atoms with E-state index in [1.165, 1.54) is 0 Å². The van der Waals surface area contributed by atoms with Crippen molar-refractivity contribution in [3.63, 3.8) is 0 Å². The molecule has 0 heterocycles. The van der Waals surface area contributed by atoms with Crippen molar-refractivity contribution in [2.45, 2.75) is 81.1 Å². The highest BCUT2D eigenvalue weighted by atomic mass is 35.5. The van der Waals surface area contributed by atoms with Gasteiger partial charge in [0.25, 0.3) is 0 Å². The molecule has 48 heavy (non-hydrogen) atoms. The highest BCUT2D eigenvalue weighted by Crippen LogP contribution is 2.43. The number of carbonyl (C=O) groups excluding carboxylic acids is 4. The van der Waals surface area contributed by atoms with Crippen molar-refractivity contribution in [3.05, 3.63) is 53.4 Å². The number of benzene rings is 2. The van der Waals surface area contributed by atoms with Gasteiger partial charge in [0.15, 0.2) is 11.5 Å². The predicted octanol–water partition coefficient (Wildman–Crippen LogP) is 11.4. The molecular weight excluding hydrogens is 749 g/mol. The summed E-state index contributed by atoms with van der Waals surface area (Å²) in [5.41, 5.74) is -1.70. The third kappa shape index (κ3) is 10.1. The molecule has 0 saturated heterocycles. The Morgan fingerprint density at radius 3 is 1.19 bits per heavy atom. The summed E-state index contributed by atoms with van der Waals surface area (Å²) in [6.45, 7) is 16.0. The molecule has 8 nitrogen and oxygen atoms in total. The zero-order chi connectivity index (χ0) is 36.7. The summed E-state index contributed by atoms with van der Waals surface area (Å²) in [5, 5.41) is -1.55. The maximum Gasteiger partial charge on any atom is 0.423 e. The lowest BCUT2D eigenvalue weighted by atomic mass is 9.76. The molecule has 0 amide bonds. The van der Waals surface area contributed by atoms with E-state index in [2.05, 4.69) is 0 Å². The molecule has 2 unspecified atom stereocenters. The van der Waals surface area contributed by atoms with Gasteiger partial charge in [0, 0.05) is 10.8 Å². The number of ether oxygens (including phenoxy) is 4. The highest BCUT2D eigenvalue weighted by molar-refractivity contribution is 6.47. The third-order valence-electron chi connectivity index (χ3n) is 8.71. The van der Waals surface area contributed by atoms with Crippen LogP contribution in [0.1, 0.15) is 102 Å². The van der Waals surface area contributed by atoms with Gasteiger partial charge in [-0.1, -0.05) is 138 Å². The van der Waals surface area contributed by atoms with Crippen molar-refractivity contribution in [1.29, 1.82) is 0 Å². The molecule has 0 spiro atoms. The zero-order valence-corrected chi connectivity index (χ0v) is 32.6. The van der Waals surface area contributed by atoms with E-state index in [-0.39, 0.29) is 66.0 Å². The summed E-state index contributed by atoms with van der Waals surface area (Å²) in [6.07, 6.45) is 3.22. The van der Waals surface area contributed by atoms with Gasteiger partial charge in [0.05, 0.1) is 43.3 Å². The molecule has 14 heteroatoms. The number of hydrogen-bond donors (Lipinski definition) is 0. The van der Waals surface area contributed by atoms with Crippen LogP contribution >= 0.6 is 69.6 Å². The number of hydrogen-bond acceptors (Lipinski definition) is 8. The second-order valence-corrected chi connectivity index (χ2v) is 15.2. The quantitative estimate of drug-likeness (QED) is 0.0806. The van der Waals surface area contributed by atoms with Gasteiger partial charge in [0.1, 0.15) is 11.1 Å². The fraction of sp³-hybridized carbons (Fsp3) is 0.529. The summed E-state index contributed by atoms with van der Waals surface area (Å²) in [7, 11) is 0. The average Bonchev–Trinajstić information content (AvgIpc) is 3.00. The molecule has 266 valence electrons. The van der Waals surface area contributed by atoms with Crippen molar-refractivity contribution >= 4 is 93.5 Å². The molecule has 2 aromatic carbocycles. The van der Waals surface area contributed by atoms with Gasteiger partial charge >= 0.3 is 23.9 Å². The van der Waals surface area contributed by atoms with Crippen molar-refractivity contribution in [2.75, 3.05) is 13.2 Å². The minimum absolute atomic E-state index is 0.0106. The Morgan fingerprint density at radius 2 is 0.917 bits per heavy atom. The minimum Gasteiger partial charge on any atom is -0.461 e. The Hall–Kier alpha value is -1.94. The molecule has 2 atom stereocenters. The molecule has 2 aromatic rings. The van der Waals surface area contributed by atoms with Crippen LogP contribution in [0.4, 0.5) is 0 Å². The fourth-order valence-corrected chi connectivity index (χ4v) is 6.23. The molecule has 0 aliphatic rings. The summed E-state index contributed by atoms with van der Waals surface area (Å²) in [6, 6.07) is 2.25. The number of esters is 4. The molecule has 0 fully saturated rings. The van der Waals surface area contributed by atoms with E-state index in [4.69, 9.17) is 88.6 Å².